The van der Waals surface area contributed by atoms with E-state index in [1.54, 1.807) is 0 Å². The molecule has 1 fully saturated rings. The minimum atomic E-state index is 0.393. The fourth-order valence-corrected chi connectivity index (χ4v) is 1.98. The van der Waals surface area contributed by atoms with Gasteiger partial charge >= 0.3 is 0 Å². The Hall–Kier alpha value is -0.0400. The first-order valence-electron chi connectivity index (χ1n) is 5.75. The Morgan fingerprint density at radius 3 is 2.08 bits per heavy atom. The quantitative estimate of drug-likeness (QED) is 0.634. The summed E-state index contributed by atoms with van der Waals surface area (Å²) in [5, 5.41) is 0. The Morgan fingerprint density at radius 1 is 1.15 bits per heavy atom. The molecule has 0 radical (unpaired) electrons. The summed E-state index contributed by atoms with van der Waals surface area (Å²) < 4.78 is 5.97. The SMILES string of the molecule is CC(C)C[C@H](OC(C)C)C1CCC1. The Balaban J connectivity index is 2.33. The van der Waals surface area contributed by atoms with Crippen LogP contribution in [0.15, 0.2) is 0 Å². The second-order valence-corrected chi connectivity index (χ2v) is 5.04. The highest BCUT2D eigenvalue weighted by atomic mass is 16.5. The third-order valence-corrected chi connectivity index (χ3v) is 2.83. The van der Waals surface area contributed by atoms with Crippen LogP contribution in [0.3, 0.4) is 0 Å². The van der Waals surface area contributed by atoms with Crippen LogP contribution < -0.4 is 0 Å². The molecular weight excluding hydrogens is 160 g/mol. The first-order chi connectivity index (χ1) is 6.09. The van der Waals surface area contributed by atoms with Gasteiger partial charge in [-0.15, -0.1) is 0 Å². The second kappa shape index (κ2) is 4.99. The zero-order valence-electron chi connectivity index (χ0n) is 9.55. The van der Waals surface area contributed by atoms with Crippen molar-refractivity contribution in [2.24, 2.45) is 11.8 Å². The van der Waals surface area contributed by atoms with Crippen molar-refractivity contribution in [2.75, 3.05) is 0 Å². The van der Waals surface area contributed by atoms with Crippen LogP contribution >= 0.6 is 0 Å². The zero-order chi connectivity index (χ0) is 9.84. The molecule has 1 saturated carbocycles. The normalized spacial score (nSPS) is 20.8. The van der Waals surface area contributed by atoms with Gasteiger partial charge in [0.25, 0.3) is 0 Å². The maximum Gasteiger partial charge on any atom is 0.0609 e. The van der Waals surface area contributed by atoms with Crippen molar-refractivity contribution in [3.63, 3.8) is 0 Å². The van der Waals surface area contributed by atoms with Crippen LogP contribution in [0.4, 0.5) is 0 Å². The number of rotatable bonds is 5. The maximum absolute atomic E-state index is 5.97. The van der Waals surface area contributed by atoms with Crippen LogP contribution in [0.2, 0.25) is 0 Å². The van der Waals surface area contributed by atoms with E-state index < -0.39 is 0 Å². The number of hydrogen-bond acceptors (Lipinski definition) is 1. The van der Waals surface area contributed by atoms with Crippen molar-refractivity contribution < 1.29 is 4.74 Å². The molecule has 1 atom stereocenters. The van der Waals surface area contributed by atoms with E-state index in [-0.39, 0.29) is 0 Å². The van der Waals surface area contributed by atoms with Crippen LogP contribution in [0, 0.1) is 11.8 Å². The fraction of sp³-hybridized carbons (Fsp3) is 1.00. The molecule has 0 saturated heterocycles. The zero-order valence-corrected chi connectivity index (χ0v) is 9.55. The van der Waals surface area contributed by atoms with Crippen LogP contribution in [-0.4, -0.2) is 12.2 Å². The first kappa shape index (κ1) is 11.0. The third-order valence-electron chi connectivity index (χ3n) is 2.83. The summed E-state index contributed by atoms with van der Waals surface area (Å²) in [6, 6.07) is 0. The van der Waals surface area contributed by atoms with Gasteiger partial charge in [-0.1, -0.05) is 20.3 Å². The van der Waals surface area contributed by atoms with Crippen LogP contribution in [0.5, 0.6) is 0 Å². The molecular formula is C12H24O. The van der Waals surface area contributed by atoms with Gasteiger partial charge in [-0.2, -0.15) is 0 Å². The smallest absolute Gasteiger partial charge is 0.0609 e. The van der Waals surface area contributed by atoms with Crippen molar-refractivity contribution in [3.05, 3.63) is 0 Å². The average Bonchev–Trinajstić information content (AvgIpc) is 1.78. The molecule has 0 aromatic carbocycles. The summed E-state index contributed by atoms with van der Waals surface area (Å²) in [6.45, 7) is 8.86. The highest BCUT2D eigenvalue weighted by Gasteiger charge is 2.28. The minimum Gasteiger partial charge on any atom is -0.375 e. The van der Waals surface area contributed by atoms with E-state index in [1.165, 1.54) is 25.7 Å². The lowest BCUT2D eigenvalue weighted by molar-refractivity contribution is -0.0566. The van der Waals surface area contributed by atoms with Gasteiger partial charge in [0.05, 0.1) is 12.2 Å². The summed E-state index contributed by atoms with van der Waals surface area (Å²) in [4.78, 5) is 0. The van der Waals surface area contributed by atoms with E-state index >= 15 is 0 Å². The number of ether oxygens (including phenoxy) is 1. The molecule has 0 bridgehead atoms. The molecule has 78 valence electrons. The Bertz CT molecular complexity index is 126. The summed E-state index contributed by atoms with van der Waals surface area (Å²) in [7, 11) is 0. The predicted molar refractivity (Wildman–Crippen MR) is 56.8 cm³/mol. The fourth-order valence-electron chi connectivity index (χ4n) is 1.98. The van der Waals surface area contributed by atoms with Gasteiger partial charge in [0, 0.05) is 0 Å². The van der Waals surface area contributed by atoms with E-state index in [2.05, 4.69) is 27.7 Å². The lowest BCUT2D eigenvalue weighted by Crippen LogP contribution is -2.32. The Labute approximate surface area is 82.9 Å². The molecule has 0 amide bonds. The van der Waals surface area contributed by atoms with Crippen LogP contribution in [0.1, 0.15) is 53.4 Å². The van der Waals surface area contributed by atoms with Gasteiger partial charge in [-0.05, 0) is 44.9 Å². The van der Waals surface area contributed by atoms with E-state index in [4.69, 9.17) is 4.74 Å². The maximum atomic E-state index is 5.97. The van der Waals surface area contributed by atoms with Crippen LogP contribution in [-0.2, 0) is 4.74 Å². The van der Waals surface area contributed by atoms with Gasteiger partial charge in [0.1, 0.15) is 0 Å². The standard InChI is InChI=1S/C12H24O/c1-9(2)8-12(13-10(3)4)11-6-5-7-11/h9-12H,5-8H2,1-4H3/t12-/m0/s1. The molecule has 1 aliphatic carbocycles. The lowest BCUT2D eigenvalue weighted by atomic mass is 9.78. The second-order valence-electron chi connectivity index (χ2n) is 5.04. The minimum absolute atomic E-state index is 0.393. The summed E-state index contributed by atoms with van der Waals surface area (Å²) in [5.41, 5.74) is 0. The Kier molecular flexibility index (Phi) is 4.24. The molecule has 0 aliphatic heterocycles. The van der Waals surface area contributed by atoms with Gasteiger partial charge in [0.2, 0.25) is 0 Å². The van der Waals surface area contributed by atoms with Crippen molar-refractivity contribution in [1.82, 2.24) is 0 Å². The van der Waals surface area contributed by atoms with Crippen molar-refractivity contribution in [1.29, 1.82) is 0 Å². The van der Waals surface area contributed by atoms with E-state index in [0.29, 0.717) is 12.2 Å². The highest BCUT2D eigenvalue weighted by molar-refractivity contribution is 4.79. The van der Waals surface area contributed by atoms with Crippen molar-refractivity contribution in [2.45, 2.75) is 65.6 Å². The van der Waals surface area contributed by atoms with Crippen molar-refractivity contribution >= 4 is 0 Å². The average molecular weight is 184 g/mol. The van der Waals surface area contributed by atoms with E-state index in [9.17, 15) is 0 Å². The molecule has 1 nitrogen and oxygen atoms in total. The molecule has 0 heterocycles. The van der Waals surface area contributed by atoms with Gasteiger partial charge in [0.15, 0.2) is 0 Å². The van der Waals surface area contributed by atoms with Crippen molar-refractivity contribution in [3.8, 4) is 0 Å². The molecule has 1 rings (SSSR count). The van der Waals surface area contributed by atoms with E-state index in [0.717, 1.165) is 11.8 Å². The predicted octanol–water partition coefficient (Wildman–Crippen LogP) is 3.63. The Morgan fingerprint density at radius 2 is 1.77 bits per heavy atom. The van der Waals surface area contributed by atoms with E-state index in [1.807, 2.05) is 0 Å². The molecule has 1 heteroatoms. The highest BCUT2D eigenvalue weighted by Crippen LogP contribution is 2.34. The molecule has 0 unspecified atom stereocenters. The monoisotopic (exact) mass is 184 g/mol. The summed E-state index contributed by atoms with van der Waals surface area (Å²) in [6.07, 6.45) is 6.37. The van der Waals surface area contributed by atoms with Gasteiger partial charge in [-0.25, -0.2) is 0 Å². The molecule has 13 heavy (non-hydrogen) atoms. The lowest BCUT2D eigenvalue weighted by Gasteiger charge is -2.35. The molecule has 0 aromatic heterocycles. The topological polar surface area (TPSA) is 9.23 Å². The molecule has 0 aromatic rings. The van der Waals surface area contributed by atoms with Gasteiger partial charge in [-0.3, -0.25) is 0 Å². The summed E-state index contributed by atoms with van der Waals surface area (Å²) in [5.74, 6) is 1.63. The van der Waals surface area contributed by atoms with Crippen LogP contribution in [0.25, 0.3) is 0 Å². The largest absolute Gasteiger partial charge is 0.375 e. The molecule has 1 aliphatic rings. The third kappa shape index (κ3) is 3.68. The molecule has 0 spiro atoms. The number of hydrogen-bond donors (Lipinski definition) is 0. The summed E-state index contributed by atoms with van der Waals surface area (Å²) >= 11 is 0. The first-order valence-corrected chi connectivity index (χ1v) is 5.75. The molecule has 0 N–H and O–H groups in total. The van der Waals surface area contributed by atoms with Gasteiger partial charge < -0.3 is 4.74 Å².